The number of hydrogen-bond acceptors (Lipinski definition) is 4. The molecule has 1 atom stereocenters. The molecule has 0 amide bonds. The van der Waals surface area contributed by atoms with Crippen LogP contribution in [0.25, 0.3) is 0 Å². The van der Waals surface area contributed by atoms with Gasteiger partial charge in [-0.05, 0) is 26.4 Å². The summed E-state index contributed by atoms with van der Waals surface area (Å²) in [7, 11) is 2.16. The van der Waals surface area contributed by atoms with Gasteiger partial charge in [-0.15, -0.1) is 11.3 Å². The second kappa shape index (κ2) is 4.38. The van der Waals surface area contributed by atoms with Crippen LogP contribution < -0.4 is 0 Å². The first-order valence-electron chi connectivity index (χ1n) is 5.03. The minimum absolute atomic E-state index is 0.0685. The highest BCUT2D eigenvalue weighted by Crippen LogP contribution is 2.28. The van der Waals surface area contributed by atoms with E-state index in [4.69, 9.17) is 5.11 Å². The topological polar surface area (TPSA) is 36.4 Å². The van der Waals surface area contributed by atoms with Gasteiger partial charge in [-0.3, -0.25) is 0 Å². The fourth-order valence-electron chi connectivity index (χ4n) is 1.95. The molecule has 2 rings (SSSR count). The van der Waals surface area contributed by atoms with E-state index < -0.39 is 0 Å². The summed E-state index contributed by atoms with van der Waals surface area (Å²) in [5.74, 6) is 0.582. The number of piperidine rings is 1. The Labute approximate surface area is 88.4 Å². The van der Waals surface area contributed by atoms with Gasteiger partial charge in [-0.25, -0.2) is 4.98 Å². The first kappa shape index (κ1) is 10.1. The number of likely N-dealkylation sites (tertiary alicyclic amines) is 1. The molecule has 1 N–H and O–H groups in total. The van der Waals surface area contributed by atoms with Crippen molar-refractivity contribution < 1.29 is 5.11 Å². The molecule has 0 saturated carbocycles. The maximum absolute atomic E-state index is 8.94. The van der Waals surface area contributed by atoms with Crippen molar-refractivity contribution in [3.8, 4) is 0 Å². The average Bonchev–Trinajstić information content (AvgIpc) is 2.66. The summed E-state index contributed by atoms with van der Waals surface area (Å²) in [4.78, 5) is 6.78. The standard InChI is InChI=1S/C10H16N2OS/c1-12-4-2-3-8(5-12)10-11-9(6-13)7-14-10/h7-8,13H,2-6H2,1H3. The summed E-state index contributed by atoms with van der Waals surface area (Å²) in [6, 6.07) is 0. The Morgan fingerprint density at radius 3 is 3.21 bits per heavy atom. The summed E-state index contributed by atoms with van der Waals surface area (Å²) >= 11 is 1.68. The highest BCUT2D eigenvalue weighted by atomic mass is 32.1. The van der Waals surface area contributed by atoms with Crippen LogP contribution >= 0.6 is 11.3 Å². The highest BCUT2D eigenvalue weighted by Gasteiger charge is 2.21. The lowest BCUT2D eigenvalue weighted by Gasteiger charge is -2.28. The molecule has 78 valence electrons. The van der Waals surface area contributed by atoms with Crippen molar-refractivity contribution in [3.63, 3.8) is 0 Å². The monoisotopic (exact) mass is 212 g/mol. The molecule has 0 spiro atoms. The molecule has 2 heterocycles. The molecule has 1 aliphatic rings. The van der Waals surface area contributed by atoms with Gasteiger partial charge in [0, 0.05) is 17.8 Å². The van der Waals surface area contributed by atoms with Crippen LogP contribution in [-0.4, -0.2) is 35.1 Å². The second-order valence-corrected chi connectivity index (χ2v) is 4.83. The van der Waals surface area contributed by atoms with E-state index in [1.165, 1.54) is 24.4 Å². The molecule has 4 heteroatoms. The maximum atomic E-state index is 8.94. The molecular weight excluding hydrogens is 196 g/mol. The lowest BCUT2D eigenvalue weighted by Crippen LogP contribution is -2.30. The van der Waals surface area contributed by atoms with Gasteiger partial charge in [0.25, 0.3) is 0 Å². The molecule has 3 nitrogen and oxygen atoms in total. The molecule has 1 aliphatic heterocycles. The van der Waals surface area contributed by atoms with E-state index in [0.717, 1.165) is 12.2 Å². The molecule has 1 aromatic rings. The van der Waals surface area contributed by atoms with Crippen LogP contribution in [0.15, 0.2) is 5.38 Å². The molecule has 0 bridgehead atoms. The summed E-state index contributed by atoms with van der Waals surface area (Å²) in [5.41, 5.74) is 0.818. The Morgan fingerprint density at radius 1 is 1.71 bits per heavy atom. The number of rotatable bonds is 2. The first-order valence-corrected chi connectivity index (χ1v) is 5.91. The van der Waals surface area contributed by atoms with Crippen molar-refractivity contribution in [2.45, 2.75) is 25.4 Å². The Balaban J connectivity index is 2.06. The fourth-order valence-corrected chi connectivity index (χ4v) is 2.89. The van der Waals surface area contributed by atoms with Gasteiger partial charge in [0.05, 0.1) is 17.3 Å². The van der Waals surface area contributed by atoms with Gasteiger partial charge in [-0.2, -0.15) is 0 Å². The van der Waals surface area contributed by atoms with Gasteiger partial charge in [0.2, 0.25) is 0 Å². The van der Waals surface area contributed by atoms with E-state index in [0.29, 0.717) is 5.92 Å². The zero-order valence-corrected chi connectivity index (χ0v) is 9.26. The molecule has 14 heavy (non-hydrogen) atoms. The molecule has 1 saturated heterocycles. The van der Waals surface area contributed by atoms with Crippen molar-refractivity contribution in [1.29, 1.82) is 0 Å². The highest BCUT2D eigenvalue weighted by molar-refractivity contribution is 7.09. The van der Waals surface area contributed by atoms with Crippen molar-refractivity contribution in [2.24, 2.45) is 0 Å². The zero-order chi connectivity index (χ0) is 9.97. The number of nitrogens with zero attached hydrogens (tertiary/aromatic N) is 2. The molecule has 1 unspecified atom stereocenters. The van der Waals surface area contributed by atoms with Crippen LogP contribution in [0.5, 0.6) is 0 Å². The summed E-state index contributed by atoms with van der Waals surface area (Å²) in [6.45, 7) is 2.38. The molecular formula is C10H16N2OS. The second-order valence-electron chi connectivity index (χ2n) is 3.94. The predicted octanol–water partition coefficient (Wildman–Crippen LogP) is 1.44. The molecule has 1 aromatic heterocycles. The van der Waals surface area contributed by atoms with E-state index in [-0.39, 0.29) is 6.61 Å². The van der Waals surface area contributed by atoms with Crippen LogP contribution in [0.2, 0.25) is 0 Å². The Hall–Kier alpha value is -0.450. The average molecular weight is 212 g/mol. The van der Waals surface area contributed by atoms with Gasteiger partial charge < -0.3 is 10.0 Å². The minimum atomic E-state index is 0.0685. The fraction of sp³-hybridized carbons (Fsp3) is 0.700. The number of aromatic nitrogens is 1. The zero-order valence-electron chi connectivity index (χ0n) is 8.44. The van der Waals surface area contributed by atoms with Crippen molar-refractivity contribution in [3.05, 3.63) is 16.1 Å². The summed E-state index contributed by atoms with van der Waals surface area (Å²) in [5, 5.41) is 12.1. The van der Waals surface area contributed by atoms with Crippen LogP contribution in [0.3, 0.4) is 0 Å². The SMILES string of the molecule is CN1CCCC(c2nc(CO)cs2)C1. The van der Waals surface area contributed by atoms with Crippen LogP contribution in [0.4, 0.5) is 0 Å². The summed E-state index contributed by atoms with van der Waals surface area (Å²) < 4.78 is 0. The van der Waals surface area contributed by atoms with Gasteiger partial charge in [-0.1, -0.05) is 0 Å². The quantitative estimate of drug-likeness (QED) is 0.806. The minimum Gasteiger partial charge on any atom is -0.390 e. The van der Waals surface area contributed by atoms with E-state index in [9.17, 15) is 0 Å². The number of thiazole rings is 1. The predicted molar refractivity (Wildman–Crippen MR) is 57.5 cm³/mol. The molecule has 1 fully saturated rings. The van der Waals surface area contributed by atoms with Crippen LogP contribution in [0, 0.1) is 0 Å². The van der Waals surface area contributed by atoms with E-state index in [2.05, 4.69) is 16.9 Å². The molecule has 0 aliphatic carbocycles. The number of likely N-dealkylation sites (N-methyl/N-ethyl adjacent to an activating group) is 1. The van der Waals surface area contributed by atoms with Crippen LogP contribution in [-0.2, 0) is 6.61 Å². The Morgan fingerprint density at radius 2 is 2.57 bits per heavy atom. The van der Waals surface area contributed by atoms with Crippen molar-refractivity contribution in [2.75, 3.05) is 20.1 Å². The smallest absolute Gasteiger partial charge is 0.0973 e. The van der Waals surface area contributed by atoms with Gasteiger partial charge >= 0.3 is 0 Å². The number of aliphatic hydroxyl groups excluding tert-OH is 1. The van der Waals surface area contributed by atoms with E-state index in [1.54, 1.807) is 11.3 Å². The Kier molecular flexibility index (Phi) is 3.15. The third-order valence-electron chi connectivity index (χ3n) is 2.71. The molecule has 0 aromatic carbocycles. The number of aliphatic hydroxyl groups is 1. The lowest BCUT2D eigenvalue weighted by molar-refractivity contribution is 0.249. The summed E-state index contributed by atoms with van der Waals surface area (Å²) in [6.07, 6.45) is 2.50. The van der Waals surface area contributed by atoms with Gasteiger partial charge in [0.15, 0.2) is 0 Å². The van der Waals surface area contributed by atoms with Crippen LogP contribution in [0.1, 0.15) is 29.5 Å². The third kappa shape index (κ3) is 2.13. The van der Waals surface area contributed by atoms with Crippen molar-refractivity contribution in [1.82, 2.24) is 9.88 Å². The maximum Gasteiger partial charge on any atom is 0.0973 e. The first-order chi connectivity index (χ1) is 6.79. The van der Waals surface area contributed by atoms with Gasteiger partial charge in [0.1, 0.15) is 0 Å². The Bertz CT molecular complexity index is 300. The molecule has 0 radical (unpaired) electrons. The lowest BCUT2D eigenvalue weighted by atomic mass is 9.99. The van der Waals surface area contributed by atoms with E-state index in [1.807, 2.05) is 5.38 Å². The van der Waals surface area contributed by atoms with E-state index >= 15 is 0 Å². The number of hydrogen-bond donors (Lipinski definition) is 1. The third-order valence-corrected chi connectivity index (χ3v) is 3.76. The van der Waals surface area contributed by atoms with Crippen molar-refractivity contribution >= 4 is 11.3 Å². The largest absolute Gasteiger partial charge is 0.390 e. The normalized spacial score (nSPS) is 24.0.